The summed E-state index contributed by atoms with van der Waals surface area (Å²) in [6.07, 6.45) is 10.5. The molecule has 2 aromatic carbocycles. The van der Waals surface area contributed by atoms with Crippen molar-refractivity contribution in [2.75, 3.05) is 79.0 Å². The number of hydrogen-bond donors (Lipinski definition) is 3. The highest BCUT2D eigenvalue weighted by Gasteiger charge is 2.65. The van der Waals surface area contributed by atoms with E-state index in [4.69, 9.17) is 33.7 Å². The Hall–Kier alpha value is -4.24. The number of unbranched alkanes of at least 4 members (excludes halogenated alkanes) is 2. The molecule has 2 heterocycles. The molecule has 60 heavy (non-hydrogen) atoms. The lowest BCUT2D eigenvalue weighted by Gasteiger charge is -2.59. The first-order chi connectivity index (χ1) is 29.5. The van der Waals surface area contributed by atoms with Gasteiger partial charge in [0.25, 0.3) is 0 Å². The summed E-state index contributed by atoms with van der Waals surface area (Å²) in [5, 5.41) is 34.3. The van der Waals surface area contributed by atoms with Gasteiger partial charge in [-0.3, -0.25) is 9.80 Å². The van der Waals surface area contributed by atoms with Gasteiger partial charge in [0.05, 0.1) is 44.7 Å². The van der Waals surface area contributed by atoms with E-state index in [0.717, 1.165) is 67.8 Å². The molecule has 2 aliphatic heterocycles. The van der Waals surface area contributed by atoms with Crippen molar-refractivity contribution < 1.29 is 48.6 Å². The van der Waals surface area contributed by atoms with Gasteiger partial charge in [0, 0.05) is 57.3 Å². The monoisotopic (exact) mass is 831 g/mol. The van der Waals surface area contributed by atoms with Gasteiger partial charge >= 0.3 is 6.09 Å². The van der Waals surface area contributed by atoms with Gasteiger partial charge in [0.1, 0.15) is 30.8 Å². The second-order valence-electron chi connectivity index (χ2n) is 15.9. The predicted octanol–water partition coefficient (Wildman–Crippen LogP) is 6.24. The van der Waals surface area contributed by atoms with E-state index in [1.54, 1.807) is 17.1 Å². The van der Waals surface area contributed by atoms with Crippen molar-refractivity contribution in [3.8, 4) is 11.5 Å². The van der Waals surface area contributed by atoms with Gasteiger partial charge in [0.15, 0.2) is 0 Å². The minimum atomic E-state index is -1.45. The molecule has 1 saturated carbocycles. The Morgan fingerprint density at radius 3 is 2.48 bits per heavy atom. The highest BCUT2D eigenvalue weighted by molar-refractivity contribution is 6.03. The number of carbonyl (C=O) groups is 1. The largest absolute Gasteiger partial charge is 0.492 e. The van der Waals surface area contributed by atoms with Crippen LogP contribution in [0.25, 0.3) is 0 Å². The molecule has 4 aliphatic rings. The van der Waals surface area contributed by atoms with Crippen molar-refractivity contribution in [2.24, 2.45) is 22.9 Å². The molecule has 2 aromatic rings. The number of aliphatic hydroxyl groups is 3. The van der Waals surface area contributed by atoms with Crippen molar-refractivity contribution in [1.82, 2.24) is 9.80 Å². The van der Waals surface area contributed by atoms with Crippen molar-refractivity contribution in [3.05, 3.63) is 96.6 Å². The molecule has 1 saturated heterocycles. The third-order valence-electron chi connectivity index (χ3n) is 12.0. The summed E-state index contributed by atoms with van der Waals surface area (Å²) in [5.41, 5.74) is 3.58. The summed E-state index contributed by atoms with van der Waals surface area (Å²) in [6.45, 7) is 12.3. The maximum absolute atomic E-state index is 14.4. The summed E-state index contributed by atoms with van der Waals surface area (Å²) >= 11 is 0. The molecule has 0 radical (unpaired) electrons. The fourth-order valence-corrected chi connectivity index (χ4v) is 9.10. The maximum Gasteiger partial charge on any atom is 0.410 e. The lowest BCUT2D eigenvalue weighted by Crippen LogP contribution is -2.70. The van der Waals surface area contributed by atoms with E-state index >= 15 is 0 Å². The normalized spacial score (nSPS) is 24.7. The van der Waals surface area contributed by atoms with E-state index in [1.807, 2.05) is 42.5 Å². The van der Waals surface area contributed by atoms with E-state index < -0.39 is 23.8 Å². The molecule has 1 amide bonds. The number of aliphatic hydroxyl groups excluding tert-OH is 3. The van der Waals surface area contributed by atoms with Crippen LogP contribution >= 0.6 is 0 Å². The van der Waals surface area contributed by atoms with Crippen molar-refractivity contribution in [2.45, 2.75) is 75.7 Å². The average molecular weight is 832 g/mol. The van der Waals surface area contributed by atoms with Crippen LogP contribution in [0, 0.1) is 17.8 Å². The first kappa shape index (κ1) is 45.3. The van der Waals surface area contributed by atoms with Gasteiger partial charge in [-0.25, -0.2) is 4.79 Å². The predicted molar refractivity (Wildman–Crippen MR) is 229 cm³/mol. The van der Waals surface area contributed by atoms with E-state index in [9.17, 15) is 20.1 Å². The molecule has 6 rings (SSSR count). The fourth-order valence-electron chi connectivity index (χ4n) is 9.10. The Labute approximate surface area is 355 Å². The molecular formula is C47H65N3O10. The second kappa shape index (κ2) is 23.1. The molecule has 0 bridgehead atoms. The van der Waals surface area contributed by atoms with Crippen LogP contribution in [0.1, 0.15) is 68.4 Å². The third-order valence-corrected chi connectivity index (χ3v) is 12.0. The topological polar surface area (TPSA) is 152 Å². The summed E-state index contributed by atoms with van der Waals surface area (Å²) in [6, 6.07) is 15.1. The number of allylic oxidation sites excluding steroid dienone is 1. The number of fused-ring (bicyclic) bond motifs is 2. The quantitative estimate of drug-likeness (QED) is 0.0407. The molecule has 6 atom stereocenters. The second-order valence-corrected chi connectivity index (χ2v) is 15.9. The standard InChI is InChI=1S/C47H65N3O10/c1-3-5-27-57-46(54)50(22-28-55-30-25-53)43-33-41(48-59-34-35-13-7-6-8-14-35)39-31-36(15-9-11-23-51)38(16-10-12-24-52)44-40-32-37(56-29-21-49-19-20-49)17-18-42(40)60-47(43,45(39)44)58-26-4-2/h3-4,6-8,13-14,17-18,31-32,36,38,43-45,51-53H,1-2,5,9-12,15-16,19-30,33-34H2/t36-,38+,43-,44+,45+,47+/m0/s1. The van der Waals surface area contributed by atoms with Crippen LogP contribution in [0.15, 0.2) is 90.6 Å². The number of hydrogen-bond acceptors (Lipinski definition) is 12. The number of ether oxygens (including phenoxy) is 5. The van der Waals surface area contributed by atoms with Crippen LogP contribution in [0.5, 0.6) is 11.5 Å². The Balaban J connectivity index is 1.53. The van der Waals surface area contributed by atoms with Gasteiger partial charge in [-0.2, -0.15) is 0 Å². The fraction of sp³-hybridized carbons (Fsp3) is 0.574. The zero-order valence-corrected chi connectivity index (χ0v) is 35.0. The number of nitrogens with zero attached hydrogens (tertiary/aromatic N) is 3. The number of oxime groups is 1. The van der Waals surface area contributed by atoms with Crippen LogP contribution in [-0.4, -0.2) is 128 Å². The van der Waals surface area contributed by atoms with E-state index in [0.29, 0.717) is 37.3 Å². The van der Waals surface area contributed by atoms with Crippen LogP contribution < -0.4 is 9.47 Å². The summed E-state index contributed by atoms with van der Waals surface area (Å²) in [4.78, 5) is 24.5. The van der Waals surface area contributed by atoms with Gasteiger partial charge < -0.3 is 43.8 Å². The minimum Gasteiger partial charge on any atom is -0.492 e. The molecular weight excluding hydrogens is 767 g/mol. The van der Waals surface area contributed by atoms with Gasteiger partial charge in [-0.15, -0.1) is 13.2 Å². The zero-order chi connectivity index (χ0) is 42.2. The highest BCUT2D eigenvalue weighted by atomic mass is 16.7. The van der Waals surface area contributed by atoms with Crippen molar-refractivity contribution in [3.63, 3.8) is 0 Å². The van der Waals surface area contributed by atoms with Gasteiger partial charge in [-0.1, -0.05) is 66.6 Å². The van der Waals surface area contributed by atoms with Crippen LogP contribution in [0.4, 0.5) is 4.79 Å². The Morgan fingerprint density at radius 2 is 1.75 bits per heavy atom. The summed E-state index contributed by atoms with van der Waals surface area (Å²) in [7, 11) is 0. The van der Waals surface area contributed by atoms with Crippen LogP contribution in [-0.2, 0) is 25.7 Å². The molecule has 13 nitrogen and oxygen atoms in total. The number of rotatable bonds is 27. The third kappa shape index (κ3) is 11.4. The number of amides is 1. The number of carbonyl (C=O) groups excluding carboxylic acids is 1. The molecule has 0 spiro atoms. The smallest absolute Gasteiger partial charge is 0.410 e. The Morgan fingerprint density at radius 1 is 0.950 bits per heavy atom. The lowest BCUT2D eigenvalue weighted by molar-refractivity contribution is -0.256. The zero-order valence-electron chi connectivity index (χ0n) is 35.0. The molecule has 2 fully saturated rings. The van der Waals surface area contributed by atoms with Crippen molar-refractivity contribution >= 4 is 11.8 Å². The molecule has 13 heteroatoms. The average Bonchev–Trinajstić information content (AvgIpc) is 4.10. The van der Waals surface area contributed by atoms with E-state index in [-0.39, 0.29) is 83.6 Å². The SMILES string of the molecule is C=CCCOC(=O)N(CCOCCO)[C@H]1CC(=NOCc2ccccc2)C2=C[C@H](CCCCO)[C@@H](CCCCO)[C@@H]3c4cc(OCCN5CC5)ccc4O[C@@]1(OCC=C)[C@H]23. The molecule has 2 aliphatic carbocycles. The number of benzene rings is 2. The van der Waals surface area contributed by atoms with Gasteiger partial charge in [0.2, 0.25) is 5.79 Å². The maximum atomic E-state index is 14.4. The van der Waals surface area contributed by atoms with Crippen LogP contribution in [0.3, 0.4) is 0 Å². The molecule has 0 aromatic heterocycles. The molecule has 3 N–H and O–H groups in total. The Kier molecular flexibility index (Phi) is 17.4. The minimum absolute atomic E-state index is 0.0669. The molecule has 328 valence electrons. The van der Waals surface area contributed by atoms with Crippen LogP contribution in [0.2, 0.25) is 0 Å². The summed E-state index contributed by atoms with van der Waals surface area (Å²) < 4.78 is 32.4. The molecule has 0 unspecified atom stereocenters. The van der Waals surface area contributed by atoms with E-state index in [1.165, 1.54) is 0 Å². The lowest BCUT2D eigenvalue weighted by atomic mass is 9.55. The van der Waals surface area contributed by atoms with Gasteiger partial charge in [-0.05, 0) is 73.3 Å². The van der Waals surface area contributed by atoms with E-state index in [2.05, 4.69) is 30.2 Å². The Bertz CT molecular complexity index is 1730. The van der Waals surface area contributed by atoms with Crippen molar-refractivity contribution in [1.29, 1.82) is 0 Å². The first-order valence-electron chi connectivity index (χ1n) is 21.8. The highest BCUT2D eigenvalue weighted by Crippen LogP contribution is 2.62. The first-order valence-corrected chi connectivity index (χ1v) is 21.8. The summed E-state index contributed by atoms with van der Waals surface area (Å²) in [5.74, 6) is -0.576.